The number of nitrogens with zero attached hydrogens (tertiary/aromatic N) is 1. The smallest absolute Gasteiger partial charge is 0.373 e. The number of thiazole rings is 1. The van der Waals surface area contributed by atoms with Crippen LogP contribution in [0.5, 0.6) is 5.75 Å². The minimum absolute atomic E-state index is 0.00237. The van der Waals surface area contributed by atoms with Gasteiger partial charge in [0.1, 0.15) is 35.5 Å². The fourth-order valence-electron chi connectivity index (χ4n) is 2.19. The van der Waals surface area contributed by atoms with Gasteiger partial charge in [-0.05, 0) is 36.4 Å². The summed E-state index contributed by atoms with van der Waals surface area (Å²) in [5.74, 6) is -0.511. The van der Waals surface area contributed by atoms with Crippen molar-refractivity contribution in [2.75, 3.05) is 7.11 Å². The lowest BCUT2D eigenvalue weighted by Crippen LogP contribution is -2.08. The van der Waals surface area contributed by atoms with Gasteiger partial charge in [-0.1, -0.05) is 0 Å². The second kappa shape index (κ2) is 9.14. The number of rotatable bonds is 8. The molecule has 0 saturated carbocycles. The molecule has 0 aliphatic heterocycles. The van der Waals surface area contributed by atoms with Gasteiger partial charge in [0.15, 0.2) is 0 Å². The molecule has 9 heteroatoms. The van der Waals surface area contributed by atoms with Gasteiger partial charge in [-0.25, -0.2) is 14.2 Å². The van der Waals surface area contributed by atoms with E-state index in [1.165, 1.54) is 54.8 Å². The van der Waals surface area contributed by atoms with Crippen LogP contribution in [-0.4, -0.2) is 24.0 Å². The van der Waals surface area contributed by atoms with E-state index in [9.17, 15) is 14.0 Å². The van der Waals surface area contributed by atoms with Gasteiger partial charge < -0.3 is 18.6 Å². The molecule has 0 fully saturated rings. The van der Waals surface area contributed by atoms with Crippen molar-refractivity contribution in [1.82, 2.24) is 4.98 Å². The number of carbonyl (C=O) groups excluding carboxylic acids is 2. The van der Waals surface area contributed by atoms with Gasteiger partial charge >= 0.3 is 11.9 Å². The van der Waals surface area contributed by atoms with Crippen molar-refractivity contribution in [3.63, 3.8) is 0 Å². The largest absolute Gasteiger partial charge is 0.486 e. The zero-order chi connectivity index (χ0) is 19.9. The van der Waals surface area contributed by atoms with E-state index in [-0.39, 0.29) is 31.2 Å². The van der Waals surface area contributed by atoms with Crippen molar-refractivity contribution < 1.29 is 32.6 Å². The Balaban J connectivity index is 1.45. The molecule has 3 aromatic rings. The van der Waals surface area contributed by atoms with Gasteiger partial charge in [0, 0.05) is 5.38 Å². The number of ether oxygens (including phenoxy) is 3. The van der Waals surface area contributed by atoms with Crippen LogP contribution in [-0.2, 0) is 33.9 Å². The number of benzene rings is 1. The van der Waals surface area contributed by atoms with Gasteiger partial charge in [-0.3, -0.25) is 4.79 Å². The first-order chi connectivity index (χ1) is 13.5. The Kier molecular flexibility index (Phi) is 6.38. The summed E-state index contributed by atoms with van der Waals surface area (Å²) in [4.78, 5) is 27.6. The van der Waals surface area contributed by atoms with Crippen LogP contribution in [0, 0.1) is 5.82 Å². The zero-order valence-corrected chi connectivity index (χ0v) is 15.7. The number of methoxy groups -OCH3 is 1. The number of furan rings is 1. The summed E-state index contributed by atoms with van der Waals surface area (Å²) in [7, 11) is 1.25. The standard InChI is InChI=1S/C19H16FNO6S/c1-24-19(23)16-7-6-15(27-16)9-26-18(22)8-13-11-28-17(21-13)10-25-14-4-2-12(20)3-5-14/h2-7,11H,8-10H2,1H3. The maximum atomic E-state index is 12.9. The van der Waals surface area contributed by atoms with Crippen LogP contribution in [0.4, 0.5) is 4.39 Å². The van der Waals surface area contributed by atoms with Gasteiger partial charge in [0.05, 0.1) is 19.2 Å². The summed E-state index contributed by atoms with van der Waals surface area (Å²) in [6.45, 7) is 0.120. The Morgan fingerprint density at radius 1 is 1.14 bits per heavy atom. The monoisotopic (exact) mass is 405 g/mol. The lowest BCUT2D eigenvalue weighted by Gasteiger charge is -2.03. The SMILES string of the molecule is COC(=O)c1ccc(COC(=O)Cc2csc(COc3ccc(F)cc3)n2)o1. The number of hydrogen-bond donors (Lipinski definition) is 0. The first kappa shape index (κ1) is 19.6. The highest BCUT2D eigenvalue weighted by Gasteiger charge is 2.14. The minimum atomic E-state index is -0.601. The molecule has 0 N–H and O–H groups in total. The first-order valence-electron chi connectivity index (χ1n) is 8.18. The fourth-order valence-corrected chi connectivity index (χ4v) is 2.89. The van der Waals surface area contributed by atoms with Crippen LogP contribution in [0.2, 0.25) is 0 Å². The maximum absolute atomic E-state index is 12.9. The molecule has 28 heavy (non-hydrogen) atoms. The van der Waals surface area contributed by atoms with Crippen LogP contribution in [0.1, 0.15) is 27.0 Å². The predicted molar refractivity (Wildman–Crippen MR) is 96.4 cm³/mol. The third-order valence-corrected chi connectivity index (χ3v) is 4.40. The molecule has 1 aromatic carbocycles. The van der Waals surface area contributed by atoms with E-state index in [4.69, 9.17) is 13.9 Å². The van der Waals surface area contributed by atoms with Gasteiger partial charge in [-0.2, -0.15) is 0 Å². The van der Waals surface area contributed by atoms with E-state index in [1.807, 2.05) is 0 Å². The molecule has 2 heterocycles. The molecule has 0 aliphatic carbocycles. The molecule has 0 bridgehead atoms. The molecule has 2 aromatic heterocycles. The van der Waals surface area contributed by atoms with Crippen LogP contribution in [0.3, 0.4) is 0 Å². The van der Waals surface area contributed by atoms with Crippen molar-refractivity contribution >= 4 is 23.3 Å². The van der Waals surface area contributed by atoms with Crippen molar-refractivity contribution in [1.29, 1.82) is 0 Å². The second-order valence-electron chi connectivity index (χ2n) is 5.57. The minimum Gasteiger partial charge on any atom is -0.486 e. The van der Waals surface area contributed by atoms with E-state index in [2.05, 4.69) is 9.72 Å². The van der Waals surface area contributed by atoms with Crippen molar-refractivity contribution in [2.45, 2.75) is 19.6 Å². The number of halogens is 1. The summed E-state index contributed by atoms with van der Waals surface area (Å²) in [6.07, 6.45) is -0.00237. The average molecular weight is 405 g/mol. The number of esters is 2. The maximum Gasteiger partial charge on any atom is 0.373 e. The molecule has 0 radical (unpaired) electrons. The van der Waals surface area contributed by atoms with Gasteiger partial charge in [0.2, 0.25) is 5.76 Å². The summed E-state index contributed by atoms with van der Waals surface area (Å²) >= 11 is 1.35. The highest BCUT2D eigenvalue weighted by Crippen LogP contribution is 2.17. The fraction of sp³-hybridized carbons (Fsp3) is 0.211. The van der Waals surface area contributed by atoms with E-state index in [0.717, 1.165) is 0 Å². The number of aromatic nitrogens is 1. The van der Waals surface area contributed by atoms with E-state index in [1.54, 1.807) is 5.38 Å². The Hall–Kier alpha value is -3.20. The predicted octanol–water partition coefficient (Wildman–Crippen LogP) is 3.53. The molecule has 0 spiro atoms. The quantitative estimate of drug-likeness (QED) is 0.530. The average Bonchev–Trinajstić information content (AvgIpc) is 3.35. The Morgan fingerprint density at radius 2 is 1.93 bits per heavy atom. The Labute approximate surface area is 163 Å². The molecule has 0 unspecified atom stereocenters. The molecule has 0 amide bonds. The van der Waals surface area contributed by atoms with Crippen LogP contribution in [0.15, 0.2) is 46.2 Å². The van der Waals surface area contributed by atoms with Crippen molar-refractivity contribution in [2.24, 2.45) is 0 Å². The summed E-state index contributed by atoms with van der Waals surface area (Å²) < 4.78 is 33.3. The summed E-state index contributed by atoms with van der Waals surface area (Å²) in [5.41, 5.74) is 0.558. The summed E-state index contributed by atoms with van der Waals surface area (Å²) in [6, 6.07) is 8.66. The molecular weight excluding hydrogens is 389 g/mol. The lowest BCUT2D eigenvalue weighted by molar-refractivity contribution is -0.144. The lowest BCUT2D eigenvalue weighted by atomic mass is 10.3. The van der Waals surface area contributed by atoms with Crippen molar-refractivity contribution in [3.05, 3.63) is 69.8 Å². The second-order valence-corrected chi connectivity index (χ2v) is 6.51. The van der Waals surface area contributed by atoms with Gasteiger partial charge in [-0.15, -0.1) is 11.3 Å². The zero-order valence-electron chi connectivity index (χ0n) is 14.8. The highest BCUT2D eigenvalue weighted by atomic mass is 32.1. The third-order valence-electron chi connectivity index (χ3n) is 3.52. The number of carbonyl (C=O) groups is 2. The van der Waals surface area contributed by atoms with Gasteiger partial charge in [0.25, 0.3) is 0 Å². The Morgan fingerprint density at radius 3 is 2.68 bits per heavy atom. The number of hydrogen-bond acceptors (Lipinski definition) is 8. The molecule has 3 rings (SSSR count). The van der Waals surface area contributed by atoms with E-state index >= 15 is 0 Å². The van der Waals surface area contributed by atoms with E-state index < -0.39 is 11.9 Å². The van der Waals surface area contributed by atoms with Crippen LogP contribution in [0.25, 0.3) is 0 Å². The molecule has 0 saturated heterocycles. The van der Waals surface area contributed by atoms with E-state index in [0.29, 0.717) is 22.2 Å². The van der Waals surface area contributed by atoms with Crippen LogP contribution < -0.4 is 4.74 Å². The van der Waals surface area contributed by atoms with Crippen molar-refractivity contribution in [3.8, 4) is 5.75 Å². The molecule has 0 aliphatic rings. The molecule has 146 valence electrons. The topological polar surface area (TPSA) is 87.9 Å². The molecular formula is C19H16FNO6S. The first-order valence-corrected chi connectivity index (χ1v) is 9.06. The highest BCUT2D eigenvalue weighted by molar-refractivity contribution is 7.09. The Bertz CT molecular complexity index is 950. The third kappa shape index (κ3) is 5.40. The summed E-state index contributed by atoms with van der Waals surface area (Å²) in [5, 5.41) is 2.42. The van der Waals surface area contributed by atoms with Crippen LogP contribution >= 0.6 is 11.3 Å². The molecule has 0 atom stereocenters. The normalized spacial score (nSPS) is 10.5. The molecule has 7 nitrogen and oxygen atoms in total.